The van der Waals surface area contributed by atoms with Crippen molar-refractivity contribution in [1.82, 2.24) is 16.0 Å². The van der Waals surface area contributed by atoms with Gasteiger partial charge in [0.05, 0.1) is 36.9 Å². The van der Waals surface area contributed by atoms with E-state index in [9.17, 15) is 59.5 Å². The van der Waals surface area contributed by atoms with Gasteiger partial charge in [-0.1, -0.05) is 0 Å². The van der Waals surface area contributed by atoms with Crippen LogP contribution in [0.4, 0.5) is 8.78 Å². The largest absolute Gasteiger partial charge is 0.394 e. The third-order valence-corrected chi connectivity index (χ3v) is 11.7. The van der Waals surface area contributed by atoms with Crippen LogP contribution >= 0.6 is 0 Å². The maximum absolute atomic E-state index is 14.2. The molecule has 5 rings (SSSR count). The van der Waals surface area contributed by atoms with E-state index in [1.165, 1.54) is 0 Å². The first-order chi connectivity index (χ1) is 27.8. The second kappa shape index (κ2) is 20.3. The van der Waals surface area contributed by atoms with Crippen LogP contribution in [-0.4, -0.2) is 232 Å². The van der Waals surface area contributed by atoms with Crippen molar-refractivity contribution in [3.63, 3.8) is 0 Å². The van der Waals surface area contributed by atoms with E-state index < -0.39 is 159 Å². The highest BCUT2D eigenvalue weighted by molar-refractivity contribution is 5.82. The van der Waals surface area contributed by atoms with E-state index in [1.54, 1.807) is 0 Å². The van der Waals surface area contributed by atoms with Gasteiger partial charge >= 0.3 is 0 Å². The van der Waals surface area contributed by atoms with Crippen molar-refractivity contribution < 1.29 is 88.0 Å². The number of aliphatic hydroxyl groups is 9. The molecule has 1 saturated carbocycles. The molecule has 4 heterocycles. The minimum atomic E-state index is -4.05. The van der Waals surface area contributed by atoms with Gasteiger partial charge < -0.3 is 119 Å². The molecule has 4 aliphatic heterocycles. The average molecular weight is 865 g/mol. The third-order valence-electron chi connectivity index (χ3n) is 11.7. The summed E-state index contributed by atoms with van der Waals surface area (Å²) < 4.78 is 63.6. The second-order valence-corrected chi connectivity index (χ2v) is 15.9. The molecule has 0 aromatic carbocycles. The van der Waals surface area contributed by atoms with Crippen LogP contribution in [0.5, 0.6) is 0 Å². The summed E-state index contributed by atoms with van der Waals surface area (Å²) in [4.78, 5) is 12.7. The Kier molecular flexibility index (Phi) is 16.7. The summed E-state index contributed by atoms with van der Waals surface area (Å²) in [6.07, 6.45) is -25.8. The summed E-state index contributed by atoms with van der Waals surface area (Å²) >= 11 is 0. The highest BCUT2D eigenvalue weighted by Crippen LogP contribution is 2.35. The Morgan fingerprint density at radius 2 is 1.34 bits per heavy atom. The van der Waals surface area contributed by atoms with Crippen LogP contribution in [0.3, 0.4) is 0 Å². The number of aliphatic hydroxyl groups excluding tert-OH is 8. The SMILES string of the molecule is NC[C@@H]1O[C@H](O[C@H]2[C@@H](O)[C@H](O[C@@H]3[C@@H](O)[C@H](NC(=O)[C@@H](O)C(F)(F)CN)C[C@H](N)[C@H]3O[C@H]3O[C@H](CNCC4(O)CCNCC4)[C@@H](O)[C@H](O)[C@H]3N)O[C@@H]2CO)[C@H](N)[C@@H](O)[C@@H]1O. The fourth-order valence-corrected chi connectivity index (χ4v) is 7.91. The number of nitrogens with two attached hydrogens (primary N) is 5. The van der Waals surface area contributed by atoms with Gasteiger partial charge in [0.25, 0.3) is 11.8 Å². The summed E-state index contributed by atoms with van der Waals surface area (Å²) in [5, 5.41) is 105. The average Bonchev–Trinajstić information content (AvgIpc) is 3.51. The number of hydrogen-bond acceptors (Lipinski definition) is 23. The molecule has 26 heteroatoms. The van der Waals surface area contributed by atoms with Gasteiger partial charge in [-0.2, -0.15) is 0 Å². The summed E-state index contributed by atoms with van der Waals surface area (Å²) in [6.45, 7) is -1.22. The molecule has 1 amide bonds. The van der Waals surface area contributed by atoms with Crippen molar-refractivity contribution in [2.24, 2.45) is 28.7 Å². The predicted molar refractivity (Wildman–Crippen MR) is 193 cm³/mol. The molecule has 22 N–H and O–H groups in total. The van der Waals surface area contributed by atoms with Crippen molar-refractivity contribution in [2.75, 3.05) is 45.9 Å². The van der Waals surface area contributed by atoms with Gasteiger partial charge in [0, 0.05) is 25.7 Å². The number of piperidine rings is 1. The third kappa shape index (κ3) is 10.8. The van der Waals surface area contributed by atoms with Gasteiger partial charge in [-0.05, 0) is 32.4 Å². The number of hydrogen-bond donors (Lipinski definition) is 17. The number of ether oxygens (including phenoxy) is 6. The maximum atomic E-state index is 14.2. The molecule has 1 aliphatic carbocycles. The van der Waals surface area contributed by atoms with Crippen LogP contribution in [0.1, 0.15) is 19.3 Å². The molecular formula is C33H62F2N8O16. The van der Waals surface area contributed by atoms with E-state index in [0.29, 0.717) is 25.9 Å². The highest BCUT2D eigenvalue weighted by atomic mass is 19.3. The Morgan fingerprint density at radius 1 is 0.797 bits per heavy atom. The zero-order chi connectivity index (χ0) is 43.6. The zero-order valence-corrected chi connectivity index (χ0v) is 32.1. The summed E-state index contributed by atoms with van der Waals surface area (Å²) in [7, 11) is 0. The van der Waals surface area contributed by atoms with Crippen LogP contribution in [0.2, 0.25) is 0 Å². The van der Waals surface area contributed by atoms with Crippen molar-refractivity contribution in [3.8, 4) is 0 Å². The van der Waals surface area contributed by atoms with E-state index >= 15 is 0 Å². The number of nitrogens with one attached hydrogen (secondary N) is 3. The van der Waals surface area contributed by atoms with Crippen LogP contribution in [-0.2, 0) is 33.2 Å². The molecule has 0 radical (unpaired) electrons. The van der Waals surface area contributed by atoms with Gasteiger partial charge in [0.1, 0.15) is 73.2 Å². The van der Waals surface area contributed by atoms with E-state index in [0.717, 1.165) is 0 Å². The number of carbonyl (C=O) groups excluding carboxylic acids is 1. The van der Waals surface area contributed by atoms with E-state index in [2.05, 4.69) is 16.0 Å². The van der Waals surface area contributed by atoms with Gasteiger partial charge in [0.15, 0.2) is 25.0 Å². The smallest absolute Gasteiger partial charge is 0.294 e. The lowest BCUT2D eigenvalue weighted by Crippen LogP contribution is -2.69. The van der Waals surface area contributed by atoms with E-state index in [4.69, 9.17) is 57.1 Å². The normalized spacial score (nSPS) is 44.9. The lowest BCUT2D eigenvalue weighted by Gasteiger charge is -2.48. The Morgan fingerprint density at radius 3 is 1.92 bits per heavy atom. The zero-order valence-electron chi connectivity index (χ0n) is 32.1. The quantitative estimate of drug-likeness (QED) is 0.0685. The number of halogens is 2. The molecule has 59 heavy (non-hydrogen) atoms. The van der Waals surface area contributed by atoms with Crippen molar-refractivity contribution in [3.05, 3.63) is 0 Å². The monoisotopic (exact) mass is 864 g/mol. The molecule has 344 valence electrons. The van der Waals surface area contributed by atoms with Gasteiger partial charge in [0.2, 0.25) is 0 Å². The number of rotatable bonds is 16. The first-order valence-corrected chi connectivity index (χ1v) is 19.6. The molecule has 20 atom stereocenters. The standard InChI is InChI=1S/C33H62F2N8O16/c34-33(35,9-37)27(51)28(52)43-12-5-11(38)24(57-30-17(40)22(49)20(47)14(55-30)7-42-10-32(53)1-3-41-4-2-32)26(18(12)45)59-31-23(50)25(15(8-44)56-31)58-29-16(39)21(48)19(46)13(6-36)54-29/h11-27,29-31,41-42,44-51,53H,1-10,36-40H2,(H,43,52)/t11-,12+,13-,14+,15+,16+,17+,18-,19+,20+,21+,22+,23+,24+,25+,26+,27+,29+,30+,31-/m0/s1. The first kappa shape index (κ1) is 48.5. The topological polar surface area (TPSA) is 421 Å². The van der Waals surface area contributed by atoms with Crippen molar-refractivity contribution in [1.29, 1.82) is 0 Å². The summed E-state index contributed by atoms with van der Waals surface area (Å²) in [6, 6.07) is -5.63. The molecular weight excluding hydrogens is 802 g/mol. The summed E-state index contributed by atoms with van der Waals surface area (Å²) in [5.41, 5.74) is 28.4. The Balaban J connectivity index is 1.36. The van der Waals surface area contributed by atoms with E-state index in [1.807, 2.05) is 0 Å². The summed E-state index contributed by atoms with van der Waals surface area (Å²) in [5.74, 6) is -5.67. The molecule has 5 aliphatic rings. The van der Waals surface area contributed by atoms with Gasteiger partial charge in [-0.3, -0.25) is 4.79 Å². The van der Waals surface area contributed by atoms with Crippen LogP contribution in [0.25, 0.3) is 0 Å². The fourth-order valence-electron chi connectivity index (χ4n) is 7.91. The Bertz CT molecular complexity index is 1350. The van der Waals surface area contributed by atoms with E-state index in [-0.39, 0.29) is 19.6 Å². The molecule has 0 unspecified atom stereocenters. The second-order valence-electron chi connectivity index (χ2n) is 15.9. The molecule has 0 bridgehead atoms. The van der Waals surface area contributed by atoms with Crippen LogP contribution < -0.4 is 44.6 Å². The molecule has 5 fully saturated rings. The predicted octanol–water partition coefficient (Wildman–Crippen LogP) is -10.0. The minimum Gasteiger partial charge on any atom is -0.394 e. The lowest BCUT2D eigenvalue weighted by atomic mass is 9.83. The number of alkyl halides is 2. The Labute approximate surface area is 337 Å². The fraction of sp³-hybridized carbons (Fsp3) is 0.970. The van der Waals surface area contributed by atoms with Crippen LogP contribution in [0.15, 0.2) is 0 Å². The number of carbonyl (C=O) groups is 1. The molecule has 4 saturated heterocycles. The maximum Gasteiger partial charge on any atom is 0.294 e. The molecule has 0 aromatic heterocycles. The molecule has 24 nitrogen and oxygen atoms in total. The number of amides is 1. The van der Waals surface area contributed by atoms with Crippen LogP contribution in [0, 0.1) is 0 Å². The molecule has 0 spiro atoms. The Hall–Kier alpha value is -1.55. The van der Waals surface area contributed by atoms with Crippen molar-refractivity contribution in [2.45, 2.75) is 153 Å². The first-order valence-electron chi connectivity index (χ1n) is 19.6. The lowest BCUT2D eigenvalue weighted by molar-refractivity contribution is -0.308. The molecule has 0 aromatic rings. The van der Waals surface area contributed by atoms with Gasteiger partial charge in [-0.15, -0.1) is 0 Å². The van der Waals surface area contributed by atoms with Gasteiger partial charge in [-0.25, -0.2) is 8.78 Å². The van der Waals surface area contributed by atoms with Crippen molar-refractivity contribution >= 4 is 5.91 Å². The highest BCUT2D eigenvalue weighted by Gasteiger charge is 2.55. The minimum absolute atomic E-state index is 0.0912.